The van der Waals surface area contributed by atoms with Crippen LogP contribution in [0.3, 0.4) is 0 Å². The highest BCUT2D eigenvalue weighted by Gasteiger charge is 2.00. The third-order valence-corrected chi connectivity index (χ3v) is 2.54. The van der Waals surface area contributed by atoms with Gasteiger partial charge in [-0.05, 0) is 13.0 Å². The summed E-state index contributed by atoms with van der Waals surface area (Å²) in [6, 6.07) is 0.823. The van der Waals surface area contributed by atoms with Crippen molar-refractivity contribution >= 4 is 8.32 Å². The quantitative estimate of drug-likeness (QED) is 0.531. The number of nitrogens with zero attached hydrogens (tertiary/aromatic N) is 1. The first-order chi connectivity index (χ1) is 5.56. The summed E-state index contributed by atoms with van der Waals surface area (Å²) < 4.78 is 1.00. The molecule has 0 atom stereocenters. The number of rotatable bonds is 3. The lowest BCUT2D eigenvalue weighted by molar-refractivity contribution is -0.849. The zero-order chi connectivity index (χ0) is 11.1. The summed E-state index contributed by atoms with van der Waals surface area (Å²) in [5.41, 5.74) is 5.22. The Morgan fingerprint density at radius 3 is 1.54 bits per heavy atom. The summed E-state index contributed by atoms with van der Waals surface area (Å²) in [5, 5.41) is 0. The van der Waals surface area contributed by atoms with Gasteiger partial charge in [0.2, 0.25) is 0 Å². The molecule has 0 aliphatic carbocycles. The summed E-state index contributed by atoms with van der Waals surface area (Å²) in [6.45, 7) is 4.31. The fraction of sp³-hybridized carbons (Fsp3) is 1.00. The minimum Gasteiger partial charge on any atom is -0.859 e. The maximum Gasteiger partial charge on any atom is 0.0675 e. The van der Waals surface area contributed by atoms with Gasteiger partial charge in [-0.2, -0.15) is 0 Å². The molecule has 4 heteroatoms. The molecule has 0 amide bonds. The molecule has 0 fully saturated rings. The lowest BCUT2D eigenvalue weighted by Crippen LogP contribution is -2.42. The van der Waals surface area contributed by atoms with Crippen LogP contribution in [-0.2, 0) is 0 Å². The van der Waals surface area contributed by atoms with Crippen LogP contribution in [0.25, 0.3) is 0 Å². The third kappa shape index (κ3) is 47.5. The topological polar surface area (TPSA) is 49.1 Å². The Balaban J connectivity index is 0. The van der Waals surface area contributed by atoms with Crippen molar-refractivity contribution in [3.8, 4) is 0 Å². The predicted molar refractivity (Wildman–Crippen MR) is 59.9 cm³/mol. The Bertz CT molecular complexity index is 110. The van der Waals surface area contributed by atoms with E-state index in [1.165, 1.54) is 0 Å². The van der Waals surface area contributed by atoms with Crippen LogP contribution >= 0.6 is 0 Å². The highest BCUT2D eigenvalue weighted by atomic mass is 28.4. The van der Waals surface area contributed by atoms with Gasteiger partial charge in [0.25, 0.3) is 0 Å². The summed E-state index contributed by atoms with van der Waals surface area (Å²) in [6.07, 6.45) is 0.905. The number of nitrogens with two attached hydrogens (primary N) is 1. The van der Waals surface area contributed by atoms with Crippen LogP contribution in [0, 0.1) is 0 Å². The molecule has 0 aromatic carbocycles. The molecule has 3 nitrogen and oxygen atoms in total. The Kier molecular flexibility index (Phi) is 7.82. The predicted octanol–water partition coefficient (Wildman–Crippen LogP) is 0.223. The zero-order valence-electron chi connectivity index (χ0n) is 10.1. The molecule has 0 saturated carbocycles. The number of hydrogen-bond donors (Lipinski definition) is 1. The Morgan fingerprint density at radius 2 is 1.46 bits per heavy atom. The van der Waals surface area contributed by atoms with Crippen LogP contribution in [0.5, 0.6) is 0 Å². The fourth-order valence-corrected chi connectivity index (χ4v) is 1.58. The summed E-state index contributed by atoms with van der Waals surface area (Å²) in [4.78, 5) is 10.9. The molecular weight excluding hydrogens is 180 g/mol. The minimum atomic E-state index is -2.01. The van der Waals surface area contributed by atoms with E-state index in [1.54, 1.807) is 0 Å². The SMILES string of the molecule is C[N+](C)(C)C.C[Si](C)([O-])CCCN. The van der Waals surface area contributed by atoms with Crippen LogP contribution in [0.1, 0.15) is 6.42 Å². The van der Waals surface area contributed by atoms with Crippen LogP contribution in [-0.4, -0.2) is 47.5 Å². The molecule has 0 spiro atoms. The first-order valence-corrected chi connectivity index (χ1v) is 7.87. The van der Waals surface area contributed by atoms with Gasteiger partial charge in [0.15, 0.2) is 0 Å². The highest BCUT2D eigenvalue weighted by Crippen LogP contribution is 2.01. The van der Waals surface area contributed by atoms with Crippen molar-refractivity contribution in [2.75, 3.05) is 34.7 Å². The van der Waals surface area contributed by atoms with Crippen LogP contribution in [0.4, 0.5) is 0 Å². The van der Waals surface area contributed by atoms with Gasteiger partial charge >= 0.3 is 0 Å². The largest absolute Gasteiger partial charge is 0.859 e. The van der Waals surface area contributed by atoms with Gasteiger partial charge in [-0.15, -0.1) is 0 Å². The van der Waals surface area contributed by atoms with Gasteiger partial charge in [-0.1, -0.05) is 27.5 Å². The lowest BCUT2D eigenvalue weighted by Gasteiger charge is -2.28. The van der Waals surface area contributed by atoms with Gasteiger partial charge in [0.1, 0.15) is 0 Å². The molecule has 82 valence electrons. The molecular formula is C9H26N2OSi. The van der Waals surface area contributed by atoms with E-state index >= 15 is 0 Å². The number of quaternary nitrogens is 1. The van der Waals surface area contributed by atoms with E-state index in [0.29, 0.717) is 6.54 Å². The maximum absolute atomic E-state index is 10.9. The molecule has 0 aliphatic heterocycles. The van der Waals surface area contributed by atoms with E-state index in [0.717, 1.165) is 16.9 Å². The Morgan fingerprint density at radius 1 is 1.15 bits per heavy atom. The molecule has 0 aromatic rings. The molecule has 13 heavy (non-hydrogen) atoms. The van der Waals surface area contributed by atoms with Crippen molar-refractivity contribution in [3.05, 3.63) is 0 Å². The van der Waals surface area contributed by atoms with E-state index in [9.17, 15) is 4.80 Å². The molecule has 0 rings (SSSR count). The van der Waals surface area contributed by atoms with Crippen molar-refractivity contribution in [2.24, 2.45) is 5.73 Å². The fourth-order valence-electron chi connectivity index (χ4n) is 0.528. The van der Waals surface area contributed by atoms with E-state index < -0.39 is 8.32 Å². The summed E-state index contributed by atoms with van der Waals surface area (Å²) in [5.74, 6) is 0. The molecule has 0 radical (unpaired) electrons. The average Bonchev–Trinajstić information content (AvgIpc) is 1.77. The van der Waals surface area contributed by atoms with Gasteiger partial charge in [-0.25, -0.2) is 0 Å². The summed E-state index contributed by atoms with van der Waals surface area (Å²) in [7, 11) is 6.49. The van der Waals surface area contributed by atoms with Crippen molar-refractivity contribution in [2.45, 2.75) is 25.6 Å². The van der Waals surface area contributed by atoms with E-state index in [4.69, 9.17) is 5.73 Å². The first-order valence-electron chi connectivity index (χ1n) is 4.75. The van der Waals surface area contributed by atoms with Crippen molar-refractivity contribution < 1.29 is 9.28 Å². The second-order valence-electron chi connectivity index (χ2n) is 5.34. The van der Waals surface area contributed by atoms with Gasteiger partial charge in [0, 0.05) is 0 Å². The molecule has 0 unspecified atom stereocenters. The van der Waals surface area contributed by atoms with Gasteiger partial charge in [0.05, 0.1) is 28.2 Å². The smallest absolute Gasteiger partial charge is 0.0675 e. The number of hydrogen-bond acceptors (Lipinski definition) is 2. The van der Waals surface area contributed by atoms with Crippen molar-refractivity contribution in [1.82, 2.24) is 0 Å². The monoisotopic (exact) mass is 206 g/mol. The van der Waals surface area contributed by atoms with Crippen LogP contribution in [0.15, 0.2) is 0 Å². The molecule has 0 heterocycles. The molecule has 2 N–H and O–H groups in total. The average molecular weight is 206 g/mol. The van der Waals surface area contributed by atoms with E-state index in [-0.39, 0.29) is 0 Å². The van der Waals surface area contributed by atoms with Crippen molar-refractivity contribution in [1.29, 1.82) is 0 Å². The second-order valence-corrected chi connectivity index (χ2v) is 9.35. The molecule has 0 aliphatic rings. The first kappa shape index (κ1) is 15.6. The van der Waals surface area contributed by atoms with Gasteiger partial charge < -0.3 is 15.0 Å². The zero-order valence-corrected chi connectivity index (χ0v) is 11.1. The second kappa shape index (κ2) is 6.54. The Labute approximate surface area is 84.3 Å². The van der Waals surface area contributed by atoms with E-state index in [2.05, 4.69) is 28.2 Å². The molecule has 0 bridgehead atoms. The summed E-state index contributed by atoms with van der Waals surface area (Å²) >= 11 is 0. The standard InChI is InChI=1S/C5H14NOSi.C4H12N/c1-8(2,7)5-3-4-6;1-5(2,3)4/h3-6H2,1-2H3;1-4H3/q-1;+1. The van der Waals surface area contributed by atoms with Crippen molar-refractivity contribution in [3.63, 3.8) is 0 Å². The van der Waals surface area contributed by atoms with Crippen LogP contribution < -0.4 is 10.5 Å². The van der Waals surface area contributed by atoms with Gasteiger partial charge in [-0.3, -0.25) is 0 Å². The third-order valence-electron chi connectivity index (χ3n) is 0.983. The highest BCUT2D eigenvalue weighted by molar-refractivity contribution is 6.68. The van der Waals surface area contributed by atoms with Crippen LogP contribution in [0.2, 0.25) is 19.1 Å². The normalized spacial score (nSPS) is 12.0. The molecule has 0 aromatic heterocycles. The Hall–Kier alpha value is 0.0969. The maximum atomic E-state index is 10.9. The molecule has 0 saturated heterocycles. The van der Waals surface area contributed by atoms with E-state index in [1.807, 2.05) is 13.1 Å². The minimum absolute atomic E-state index is 0.665. The lowest BCUT2D eigenvalue weighted by atomic mass is 10.5.